The van der Waals surface area contributed by atoms with Gasteiger partial charge in [-0.2, -0.15) is 0 Å². The number of amides is 1. The lowest BCUT2D eigenvalue weighted by Crippen LogP contribution is -2.35. The first kappa shape index (κ1) is 17.5. The fraction of sp³-hybridized carbons (Fsp3) is 0.300. The standard InChI is InChI=1S/C20H23N3OS/c1-15(12-13-16-8-4-3-5-9-16)21-19(24)14-23-18-11-7-6-10-17(18)22-20(23)25-2/h3-11,15H,12-14H2,1-2H3,(H,21,24). The summed E-state index contributed by atoms with van der Waals surface area (Å²) in [4.78, 5) is 17.1. The Labute approximate surface area is 152 Å². The number of thioether (sulfide) groups is 1. The number of imidazole rings is 1. The smallest absolute Gasteiger partial charge is 0.240 e. The van der Waals surface area contributed by atoms with E-state index in [2.05, 4.69) is 29.4 Å². The van der Waals surface area contributed by atoms with Crippen LogP contribution in [0.15, 0.2) is 59.8 Å². The molecule has 0 aliphatic heterocycles. The molecule has 1 heterocycles. The molecular weight excluding hydrogens is 330 g/mol. The second-order valence-electron chi connectivity index (χ2n) is 6.17. The Morgan fingerprint density at radius 2 is 1.88 bits per heavy atom. The van der Waals surface area contributed by atoms with E-state index in [0.29, 0.717) is 6.54 Å². The van der Waals surface area contributed by atoms with Crippen LogP contribution in [0.1, 0.15) is 18.9 Å². The van der Waals surface area contributed by atoms with Gasteiger partial charge in [0.15, 0.2) is 5.16 Å². The molecule has 1 unspecified atom stereocenters. The molecule has 0 fully saturated rings. The Morgan fingerprint density at radius 3 is 2.64 bits per heavy atom. The van der Waals surface area contributed by atoms with Gasteiger partial charge in [0.05, 0.1) is 11.0 Å². The summed E-state index contributed by atoms with van der Waals surface area (Å²) in [5, 5.41) is 3.98. The van der Waals surface area contributed by atoms with Gasteiger partial charge in [0, 0.05) is 6.04 Å². The van der Waals surface area contributed by atoms with Crippen molar-refractivity contribution in [3.05, 3.63) is 60.2 Å². The summed E-state index contributed by atoms with van der Waals surface area (Å²) in [6.45, 7) is 2.36. The minimum atomic E-state index is 0.0269. The fourth-order valence-corrected chi connectivity index (χ4v) is 3.50. The fourth-order valence-electron chi connectivity index (χ4n) is 2.93. The Morgan fingerprint density at radius 1 is 1.16 bits per heavy atom. The van der Waals surface area contributed by atoms with Crippen LogP contribution >= 0.6 is 11.8 Å². The summed E-state index contributed by atoms with van der Waals surface area (Å²) in [5.74, 6) is 0.0269. The minimum absolute atomic E-state index is 0.0269. The van der Waals surface area contributed by atoms with E-state index in [4.69, 9.17) is 0 Å². The third-order valence-corrected chi connectivity index (χ3v) is 4.90. The molecule has 5 heteroatoms. The van der Waals surface area contributed by atoms with Crippen molar-refractivity contribution in [2.75, 3.05) is 6.26 Å². The molecule has 1 atom stereocenters. The third kappa shape index (κ3) is 4.42. The molecule has 0 spiro atoms. The van der Waals surface area contributed by atoms with Gasteiger partial charge in [0.1, 0.15) is 6.54 Å². The van der Waals surface area contributed by atoms with Crippen molar-refractivity contribution in [3.63, 3.8) is 0 Å². The molecule has 4 nitrogen and oxygen atoms in total. The highest BCUT2D eigenvalue weighted by atomic mass is 32.2. The van der Waals surface area contributed by atoms with E-state index in [1.165, 1.54) is 5.56 Å². The largest absolute Gasteiger partial charge is 0.352 e. The van der Waals surface area contributed by atoms with Crippen LogP contribution in [0.5, 0.6) is 0 Å². The Bertz CT molecular complexity index is 845. The highest BCUT2D eigenvalue weighted by Crippen LogP contribution is 2.22. The maximum Gasteiger partial charge on any atom is 0.240 e. The minimum Gasteiger partial charge on any atom is -0.352 e. The van der Waals surface area contributed by atoms with E-state index in [0.717, 1.165) is 29.0 Å². The van der Waals surface area contributed by atoms with Gasteiger partial charge in [0.25, 0.3) is 0 Å². The molecule has 3 aromatic rings. The van der Waals surface area contributed by atoms with E-state index in [1.807, 2.05) is 53.3 Å². The number of benzene rings is 2. The number of nitrogens with zero attached hydrogens (tertiary/aromatic N) is 2. The molecule has 0 aliphatic carbocycles. The zero-order valence-corrected chi connectivity index (χ0v) is 15.4. The molecule has 0 aliphatic rings. The highest BCUT2D eigenvalue weighted by molar-refractivity contribution is 7.98. The van der Waals surface area contributed by atoms with Crippen LogP contribution < -0.4 is 5.32 Å². The zero-order valence-electron chi connectivity index (χ0n) is 14.6. The second-order valence-corrected chi connectivity index (χ2v) is 6.94. The van der Waals surface area contributed by atoms with E-state index in [-0.39, 0.29) is 11.9 Å². The summed E-state index contributed by atoms with van der Waals surface area (Å²) in [6.07, 6.45) is 3.88. The van der Waals surface area contributed by atoms with Crippen LogP contribution in [0.3, 0.4) is 0 Å². The summed E-state index contributed by atoms with van der Waals surface area (Å²) in [7, 11) is 0. The zero-order chi connectivity index (χ0) is 17.6. The molecule has 1 aromatic heterocycles. The van der Waals surface area contributed by atoms with Gasteiger partial charge < -0.3 is 9.88 Å². The number of nitrogens with one attached hydrogen (secondary N) is 1. The van der Waals surface area contributed by atoms with Gasteiger partial charge in [-0.3, -0.25) is 4.79 Å². The van der Waals surface area contributed by atoms with Crippen molar-refractivity contribution in [2.45, 2.75) is 37.5 Å². The monoisotopic (exact) mass is 353 g/mol. The molecule has 3 rings (SSSR count). The average molecular weight is 353 g/mol. The first-order valence-corrected chi connectivity index (χ1v) is 9.72. The molecule has 2 aromatic carbocycles. The average Bonchev–Trinajstić information content (AvgIpc) is 2.98. The van der Waals surface area contributed by atoms with Crippen LogP contribution in [0.2, 0.25) is 0 Å². The van der Waals surface area contributed by atoms with Crippen LogP contribution in [-0.2, 0) is 17.8 Å². The SMILES string of the molecule is CSc1nc2ccccc2n1CC(=O)NC(C)CCc1ccccc1. The predicted octanol–water partition coefficient (Wildman–Crippen LogP) is 3.90. The lowest BCUT2D eigenvalue weighted by Gasteiger charge is -2.15. The maximum absolute atomic E-state index is 12.5. The number of hydrogen-bond donors (Lipinski definition) is 1. The number of carbonyl (C=O) groups excluding carboxylic acids is 1. The van der Waals surface area contributed by atoms with Crippen molar-refractivity contribution in [3.8, 4) is 0 Å². The number of aryl methyl sites for hydroxylation is 1. The van der Waals surface area contributed by atoms with Gasteiger partial charge in [-0.05, 0) is 43.7 Å². The van der Waals surface area contributed by atoms with Crippen molar-refractivity contribution in [1.82, 2.24) is 14.9 Å². The van der Waals surface area contributed by atoms with E-state index < -0.39 is 0 Å². The van der Waals surface area contributed by atoms with Crippen LogP contribution in [-0.4, -0.2) is 27.8 Å². The molecule has 1 amide bonds. The molecular formula is C20H23N3OS. The Balaban J connectivity index is 1.61. The maximum atomic E-state index is 12.5. The summed E-state index contributed by atoms with van der Waals surface area (Å²) >= 11 is 1.56. The van der Waals surface area contributed by atoms with Gasteiger partial charge in [0.2, 0.25) is 5.91 Å². The van der Waals surface area contributed by atoms with Crippen LogP contribution in [0.25, 0.3) is 11.0 Å². The van der Waals surface area contributed by atoms with Crippen molar-refractivity contribution < 1.29 is 4.79 Å². The number of carbonyl (C=O) groups is 1. The third-order valence-electron chi connectivity index (χ3n) is 4.22. The normalized spacial score (nSPS) is 12.2. The molecule has 0 radical (unpaired) electrons. The Hall–Kier alpha value is -2.27. The number of rotatable bonds is 7. The molecule has 0 saturated heterocycles. The highest BCUT2D eigenvalue weighted by Gasteiger charge is 2.14. The van der Waals surface area contributed by atoms with Crippen molar-refractivity contribution in [2.24, 2.45) is 0 Å². The van der Waals surface area contributed by atoms with Gasteiger partial charge in [-0.15, -0.1) is 0 Å². The summed E-state index contributed by atoms with van der Waals surface area (Å²) in [6, 6.07) is 18.4. The summed E-state index contributed by atoms with van der Waals surface area (Å²) < 4.78 is 1.99. The van der Waals surface area contributed by atoms with Crippen molar-refractivity contribution in [1.29, 1.82) is 0 Å². The summed E-state index contributed by atoms with van der Waals surface area (Å²) in [5.41, 5.74) is 3.23. The molecule has 130 valence electrons. The van der Waals surface area contributed by atoms with E-state index >= 15 is 0 Å². The molecule has 0 bridgehead atoms. The quantitative estimate of drug-likeness (QED) is 0.656. The first-order valence-electron chi connectivity index (χ1n) is 8.50. The van der Waals surface area contributed by atoms with E-state index in [1.54, 1.807) is 11.8 Å². The first-order chi connectivity index (χ1) is 12.2. The van der Waals surface area contributed by atoms with Crippen molar-refractivity contribution >= 4 is 28.7 Å². The lowest BCUT2D eigenvalue weighted by atomic mass is 10.1. The van der Waals surface area contributed by atoms with Crippen LogP contribution in [0, 0.1) is 0 Å². The van der Waals surface area contributed by atoms with Gasteiger partial charge >= 0.3 is 0 Å². The lowest BCUT2D eigenvalue weighted by molar-refractivity contribution is -0.122. The van der Waals surface area contributed by atoms with Gasteiger partial charge in [-0.1, -0.05) is 54.2 Å². The molecule has 0 saturated carbocycles. The molecule has 1 N–H and O–H groups in total. The number of fused-ring (bicyclic) bond motifs is 1. The van der Waals surface area contributed by atoms with E-state index in [9.17, 15) is 4.79 Å². The Kier molecular flexibility index (Phi) is 5.76. The topological polar surface area (TPSA) is 46.9 Å². The predicted molar refractivity (Wildman–Crippen MR) is 104 cm³/mol. The number of aromatic nitrogens is 2. The number of hydrogen-bond acceptors (Lipinski definition) is 3. The molecule has 25 heavy (non-hydrogen) atoms. The number of para-hydroxylation sites is 2. The van der Waals surface area contributed by atoms with Gasteiger partial charge in [-0.25, -0.2) is 4.98 Å². The van der Waals surface area contributed by atoms with Crippen LogP contribution in [0.4, 0.5) is 0 Å². The second kappa shape index (κ2) is 8.21.